The van der Waals surface area contributed by atoms with Crippen LogP contribution >= 0.6 is 0 Å². The van der Waals surface area contributed by atoms with Crippen molar-refractivity contribution in [2.45, 2.75) is 44.7 Å². The molecule has 306 valence electrons. The Labute approximate surface area is 368 Å². The van der Waals surface area contributed by atoms with Crippen molar-refractivity contribution in [3.63, 3.8) is 0 Å². The van der Waals surface area contributed by atoms with Crippen molar-refractivity contribution in [2.24, 2.45) is 9.98 Å². The molecule has 3 aliphatic carbocycles. The average Bonchev–Trinajstić information content (AvgIpc) is 3.87. The Hall–Kier alpha value is -7.57. The molecule has 0 spiro atoms. The zero-order valence-electron chi connectivity index (χ0n) is 35.3. The molecule has 63 heavy (non-hydrogen) atoms. The number of pyridine rings is 1. The third kappa shape index (κ3) is 7.17. The van der Waals surface area contributed by atoms with Gasteiger partial charge in [-0.1, -0.05) is 121 Å². The number of amidine groups is 1. The Morgan fingerprint density at radius 1 is 0.667 bits per heavy atom. The van der Waals surface area contributed by atoms with Crippen LogP contribution in [0.25, 0.3) is 71.7 Å². The minimum absolute atomic E-state index is 0.364. The molecule has 1 N–H and O–H groups in total. The van der Waals surface area contributed by atoms with Crippen molar-refractivity contribution >= 4 is 67.4 Å². The summed E-state index contributed by atoms with van der Waals surface area (Å²) in [6.07, 6.45) is 30.0. The fourth-order valence-corrected chi connectivity index (χ4v) is 9.67. The highest BCUT2D eigenvalue weighted by Crippen LogP contribution is 2.41. The molecular weight excluding hydrogens is 769 g/mol. The van der Waals surface area contributed by atoms with E-state index < -0.39 is 0 Å². The number of fused-ring (bicyclic) bond motifs is 6. The third-order valence-corrected chi connectivity index (χ3v) is 12.8. The summed E-state index contributed by atoms with van der Waals surface area (Å²) < 4.78 is 4.89. The van der Waals surface area contributed by atoms with Gasteiger partial charge in [0, 0.05) is 56.4 Å². The lowest BCUT2D eigenvalue weighted by molar-refractivity contribution is 0.688. The minimum Gasteiger partial charge on any atom is -0.345 e. The molecule has 11 rings (SSSR count). The van der Waals surface area contributed by atoms with Crippen molar-refractivity contribution < 1.29 is 0 Å². The molecule has 0 fully saturated rings. The van der Waals surface area contributed by atoms with E-state index in [-0.39, 0.29) is 6.17 Å². The van der Waals surface area contributed by atoms with Gasteiger partial charge < -0.3 is 14.5 Å². The maximum Gasteiger partial charge on any atom is 0.145 e. The number of para-hydroxylation sites is 1. The predicted octanol–water partition coefficient (Wildman–Crippen LogP) is 13.9. The van der Waals surface area contributed by atoms with E-state index in [2.05, 4.69) is 184 Å². The molecule has 0 saturated heterocycles. The van der Waals surface area contributed by atoms with Crippen molar-refractivity contribution in [1.29, 1.82) is 0 Å². The second kappa shape index (κ2) is 16.7. The van der Waals surface area contributed by atoms with Gasteiger partial charge in [-0.05, 0) is 122 Å². The first kappa shape index (κ1) is 38.4. The highest BCUT2D eigenvalue weighted by atomic mass is 15.1. The first-order valence-electron chi connectivity index (χ1n) is 22.2. The van der Waals surface area contributed by atoms with Gasteiger partial charge in [-0.25, -0.2) is 0 Å². The lowest BCUT2D eigenvalue weighted by Gasteiger charge is -2.19. The molecule has 0 saturated carbocycles. The topological polar surface area (TPSA) is 59.5 Å². The summed E-state index contributed by atoms with van der Waals surface area (Å²) in [4.78, 5) is 14.7. The lowest BCUT2D eigenvalue weighted by atomic mass is 9.96. The van der Waals surface area contributed by atoms with Gasteiger partial charge in [-0.2, -0.15) is 0 Å². The van der Waals surface area contributed by atoms with Gasteiger partial charge in [0.2, 0.25) is 0 Å². The summed E-state index contributed by atoms with van der Waals surface area (Å²) in [6.45, 7) is 4.54. The second-order valence-electron chi connectivity index (χ2n) is 16.6. The SMILES string of the molecule is C=NC(NC(=NCC1=CCCC=C1)c1cccc(-n2c3ccc(-c4ccc5c(c4)c4ccccc4n5C4=CC=CCC4)cc3c3cncc(C4=CC=CCC4)c32)c1)c1ccccc1. The van der Waals surface area contributed by atoms with Gasteiger partial charge in [-0.15, -0.1) is 0 Å². The molecule has 6 nitrogen and oxygen atoms in total. The highest BCUT2D eigenvalue weighted by molar-refractivity contribution is 6.14. The zero-order valence-corrected chi connectivity index (χ0v) is 35.3. The molecule has 6 heteroatoms. The van der Waals surface area contributed by atoms with Crippen molar-refractivity contribution in [1.82, 2.24) is 19.4 Å². The van der Waals surface area contributed by atoms with E-state index in [9.17, 15) is 0 Å². The summed E-state index contributed by atoms with van der Waals surface area (Å²) in [6, 6.07) is 41.7. The maximum atomic E-state index is 5.24. The number of hydrogen-bond donors (Lipinski definition) is 1. The largest absolute Gasteiger partial charge is 0.345 e. The number of allylic oxidation sites excluding steroid dienone is 10. The minimum atomic E-state index is -0.364. The van der Waals surface area contributed by atoms with E-state index >= 15 is 0 Å². The molecule has 5 aromatic carbocycles. The quantitative estimate of drug-likeness (QED) is 0.110. The Balaban J connectivity index is 1.07. The van der Waals surface area contributed by atoms with Crippen molar-refractivity contribution in [2.75, 3.05) is 6.54 Å². The van der Waals surface area contributed by atoms with Gasteiger partial charge in [0.15, 0.2) is 0 Å². The van der Waals surface area contributed by atoms with E-state index in [1.165, 1.54) is 55.2 Å². The fraction of sp³-hybridized carbons (Fsp3) is 0.140. The molecule has 0 amide bonds. The zero-order chi connectivity index (χ0) is 42.1. The van der Waals surface area contributed by atoms with Crippen LogP contribution in [0.4, 0.5) is 0 Å². The second-order valence-corrected chi connectivity index (χ2v) is 16.6. The van der Waals surface area contributed by atoms with Crippen LogP contribution in [-0.4, -0.2) is 33.2 Å². The predicted molar refractivity (Wildman–Crippen MR) is 266 cm³/mol. The Morgan fingerprint density at radius 3 is 2.19 bits per heavy atom. The Bertz CT molecular complexity index is 3310. The number of hydrogen-bond acceptors (Lipinski definition) is 3. The Kier molecular flexibility index (Phi) is 10.2. The monoisotopic (exact) mass is 816 g/mol. The lowest BCUT2D eigenvalue weighted by Crippen LogP contribution is -2.29. The summed E-state index contributed by atoms with van der Waals surface area (Å²) in [5, 5.41) is 8.51. The van der Waals surface area contributed by atoms with Crippen LogP contribution < -0.4 is 5.32 Å². The van der Waals surface area contributed by atoms with Gasteiger partial charge in [0.1, 0.15) is 12.0 Å². The van der Waals surface area contributed by atoms with Crippen molar-refractivity contribution in [3.05, 3.63) is 205 Å². The Morgan fingerprint density at radius 2 is 1.43 bits per heavy atom. The first-order valence-corrected chi connectivity index (χ1v) is 22.2. The summed E-state index contributed by atoms with van der Waals surface area (Å²) in [5.74, 6) is 0.774. The standard InChI is InChI=1S/C57H48N6/c1-58-56(41-21-10-4-11-22-41)61-57(60-36-39-17-6-2-7-18-39)44-23-16-26-46(33-44)63-54-32-30-43(35-49(54)51-38-59-37-50(55(51)63)40-19-8-3-9-20-40)42-29-31-53-48(34-42)47-27-14-15-28-52(47)62(53)45-24-12-5-13-25-45/h3-6,8,10-12,14-19,21-24,26-35,37-38,56H,1-2,7,9,13,20,25,36H2,(H,60,61). The highest BCUT2D eigenvalue weighted by Gasteiger charge is 2.22. The van der Waals surface area contributed by atoms with Gasteiger partial charge in [-0.3, -0.25) is 15.0 Å². The summed E-state index contributed by atoms with van der Waals surface area (Å²) in [5.41, 5.74) is 15.2. The molecule has 0 bridgehead atoms. The van der Waals surface area contributed by atoms with Crippen LogP contribution in [0, 0.1) is 0 Å². The molecule has 1 atom stereocenters. The summed E-state index contributed by atoms with van der Waals surface area (Å²) in [7, 11) is 0. The number of nitrogens with one attached hydrogen (secondary N) is 1. The number of rotatable bonds is 10. The molecule has 3 aromatic heterocycles. The van der Waals surface area contributed by atoms with Crippen LogP contribution in [-0.2, 0) is 0 Å². The van der Waals surface area contributed by atoms with Crippen LogP contribution in [0.15, 0.2) is 198 Å². The van der Waals surface area contributed by atoms with Gasteiger partial charge in [0.25, 0.3) is 0 Å². The summed E-state index contributed by atoms with van der Waals surface area (Å²) >= 11 is 0. The molecule has 0 aliphatic heterocycles. The average molecular weight is 817 g/mol. The van der Waals surface area contributed by atoms with E-state index in [1.807, 2.05) is 24.4 Å². The number of aliphatic imine (C=N–C) groups is 2. The number of aromatic nitrogens is 3. The van der Waals surface area contributed by atoms with Crippen molar-refractivity contribution in [3.8, 4) is 16.8 Å². The maximum absolute atomic E-state index is 5.24. The number of nitrogens with zero attached hydrogens (tertiary/aromatic N) is 5. The molecule has 3 aliphatic rings. The molecular formula is C57H48N6. The van der Waals surface area contributed by atoms with E-state index in [4.69, 9.17) is 9.98 Å². The molecule has 1 unspecified atom stereocenters. The van der Waals surface area contributed by atoms with Gasteiger partial charge >= 0.3 is 0 Å². The van der Waals surface area contributed by atoms with E-state index in [0.717, 1.165) is 83.2 Å². The molecule has 8 aromatic rings. The normalized spacial score (nSPS) is 15.8. The first-order chi connectivity index (χ1) is 31.2. The van der Waals surface area contributed by atoms with E-state index in [0.29, 0.717) is 6.54 Å². The molecule has 3 heterocycles. The van der Waals surface area contributed by atoms with Crippen LogP contribution in [0.5, 0.6) is 0 Å². The van der Waals surface area contributed by atoms with E-state index in [1.54, 1.807) is 0 Å². The molecule has 0 radical (unpaired) electrons. The fourth-order valence-electron chi connectivity index (χ4n) is 9.67. The number of benzene rings is 5. The van der Waals surface area contributed by atoms with Crippen LogP contribution in [0.1, 0.15) is 61.4 Å². The van der Waals surface area contributed by atoms with Gasteiger partial charge in [0.05, 0.1) is 28.6 Å². The third-order valence-electron chi connectivity index (χ3n) is 12.8. The smallest absolute Gasteiger partial charge is 0.145 e. The van der Waals surface area contributed by atoms with Crippen LogP contribution in [0.3, 0.4) is 0 Å². The van der Waals surface area contributed by atoms with Crippen LogP contribution in [0.2, 0.25) is 0 Å².